The number of amides is 1. The molecule has 0 saturated heterocycles. The van der Waals surface area contributed by atoms with Gasteiger partial charge in [0.2, 0.25) is 0 Å². The van der Waals surface area contributed by atoms with Gasteiger partial charge in [0.25, 0.3) is 11.5 Å². The van der Waals surface area contributed by atoms with Gasteiger partial charge < -0.3 is 5.32 Å². The van der Waals surface area contributed by atoms with Crippen molar-refractivity contribution < 1.29 is 4.79 Å². The molecule has 0 aliphatic heterocycles. The molecule has 1 amide bonds. The van der Waals surface area contributed by atoms with Crippen LogP contribution in [-0.4, -0.2) is 31.6 Å². The summed E-state index contributed by atoms with van der Waals surface area (Å²) < 4.78 is 3.34. The zero-order chi connectivity index (χ0) is 20.6. The minimum absolute atomic E-state index is 0.243. The van der Waals surface area contributed by atoms with E-state index in [1.807, 2.05) is 18.5 Å². The molecule has 0 atom stereocenters. The summed E-state index contributed by atoms with van der Waals surface area (Å²) in [7, 11) is 0. The predicted octanol–water partition coefficient (Wildman–Crippen LogP) is 3.31. The molecular weight excluding hydrogens is 374 g/mol. The van der Waals surface area contributed by atoms with Crippen molar-refractivity contribution in [1.29, 1.82) is 0 Å². The van der Waals surface area contributed by atoms with Crippen molar-refractivity contribution in [2.75, 3.05) is 6.54 Å². The SMILES string of the molecule is CCNC(=O)c1c(C)sc2nc(Cn3nc(C(C)C)cc3C(C)C)cc(=O)n12. The van der Waals surface area contributed by atoms with Gasteiger partial charge in [0.15, 0.2) is 4.96 Å². The highest BCUT2D eigenvalue weighted by molar-refractivity contribution is 7.17. The van der Waals surface area contributed by atoms with E-state index in [0.717, 1.165) is 16.3 Å². The van der Waals surface area contributed by atoms with Gasteiger partial charge in [-0.3, -0.25) is 14.3 Å². The summed E-state index contributed by atoms with van der Waals surface area (Å²) in [6.45, 7) is 13.1. The van der Waals surface area contributed by atoms with Crippen LogP contribution in [0.25, 0.3) is 4.96 Å². The molecule has 7 nitrogen and oxygen atoms in total. The summed E-state index contributed by atoms with van der Waals surface area (Å²) in [5.41, 5.74) is 2.93. The summed E-state index contributed by atoms with van der Waals surface area (Å²) in [6.07, 6.45) is 0. The highest BCUT2D eigenvalue weighted by Crippen LogP contribution is 2.23. The van der Waals surface area contributed by atoms with Crippen LogP contribution >= 0.6 is 11.3 Å². The molecule has 0 fully saturated rings. The fourth-order valence-corrected chi connectivity index (χ4v) is 4.18. The fraction of sp³-hybridized carbons (Fsp3) is 0.500. The van der Waals surface area contributed by atoms with E-state index in [0.29, 0.717) is 41.3 Å². The van der Waals surface area contributed by atoms with Crippen LogP contribution in [0.5, 0.6) is 0 Å². The molecule has 8 heteroatoms. The Morgan fingerprint density at radius 3 is 2.54 bits per heavy atom. The van der Waals surface area contributed by atoms with E-state index in [1.54, 1.807) is 0 Å². The van der Waals surface area contributed by atoms with Gasteiger partial charge in [-0.25, -0.2) is 9.38 Å². The summed E-state index contributed by atoms with van der Waals surface area (Å²) in [6, 6.07) is 3.63. The summed E-state index contributed by atoms with van der Waals surface area (Å²) in [5.74, 6) is 0.399. The van der Waals surface area contributed by atoms with Crippen molar-refractivity contribution in [3.63, 3.8) is 0 Å². The number of nitrogens with zero attached hydrogens (tertiary/aromatic N) is 4. The molecule has 28 heavy (non-hydrogen) atoms. The summed E-state index contributed by atoms with van der Waals surface area (Å²) in [4.78, 5) is 31.1. The van der Waals surface area contributed by atoms with Gasteiger partial charge in [0.1, 0.15) is 5.69 Å². The molecule has 0 aromatic carbocycles. The second-order valence-electron chi connectivity index (χ2n) is 7.53. The van der Waals surface area contributed by atoms with Crippen LogP contribution in [0.3, 0.4) is 0 Å². The second-order valence-corrected chi connectivity index (χ2v) is 8.71. The van der Waals surface area contributed by atoms with Crippen LogP contribution in [0.2, 0.25) is 0 Å². The molecule has 0 spiro atoms. The van der Waals surface area contributed by atoms with Gasteiger partial charge in [-0.1, -0.05) is 27.7 Å². The lowest BCUT2D eigenvalue weighted by Gasteiger charge is -2.10. The van der Waals surface area contributed by atoms with Crippen molar-refractivity contribution in [2.45, 2.75) is 59.9 Å². The maximum Gasteiger partial charge on any atom is 0.269 e. The lowest BCUT2D eigenvalue weighted by Crippen LogP contribution is -2.28. The van der Waals surface area contributed by atoms with Crippen molar-refractivity contribution in [3.05, 3.63) is 50.1 Å². The number of fused-ring (bicyclic) bond motifs is 1. The number of carbonyl (C=O) groups excluding carboxylic acids is 1. The third-order valence-electron chi connectivity index (χ3n) is 4.62. The molecule has 0 aliphatic carbocycles. The van der Waals surface area contributed by atoms with Crippen LogP contribution in [0.4, 0.5) is 0 Å². The average molecular weight is 402 g/mol. The Morgan fingerprint density at radius 2 is 1.93 bits per heavy atom. The number of thiazole rings is 1. The van der Waals surface area contributed by atoms with Gasteiger partial charge >= 0.3 is 0 Å². The topological polar surface area (TPSA) is 81.3 Å². The molecule has 0 aliphatic rings. The number of hydrogen-bond donors (Lipinski definition) is 1. The minimum atomic E-state index is -0.251. The molecule has 3 aromatic heterocycles. The fourth-order valence-electron chi connectivity index (χ4n) is 3.19. The van der Waals surface area contributed by atoms with Crippen LogP contribution in [0, 0.1) is 6.92 Å². The largest absolute Gasteiger partial charge is 0.351 e. The standard InChI is InChI=1S/C20H27N5O2S/c1-7-21-19(27)18-13(6)28-20-22-14(8-17(26)25(18)20)10-24-16(12(4)5)9-15(23-24)11(2)3/h8-9,11-12H,7,10H2,1-6H3,(H,21,27). The molecule has 0 radical (unpaired) electrons. The smallest absolute Gasteiger partial charge is 0.269 e. The summed E-state index contributed by atoms with van der Waals surface area (Å²) in [5, 5.41) is 7.48. The number of hydrogen-bond acceptors (Lipinski definition) is 5. The molecule has 3 heterocycles. The van der Waals surface area contributed by atoms with E-state index in [9.17, 15) is 9.59 Å². The first kappa shape index (κ1) is 20.3. The van der Waals surface area contributed by atoms with Gasteiger partial charge in [0.05, 0.1) is 17.9 Å². The van der Waals surface area contributed by atoms with E-state index in [4.69, 9.17) is 5.10 Å². The normalized spacial score (nSPS) is 11.7. The van der Waals surface area contributed by atoms with Crippen molar-refractivity contribution in [1.82, 2.24) is 24.5 Å². The van der Waals surface area contributed by atoms with Gasteiger partial charge in [-0.2, -0.15) is 5.10 Å². The van der Waals surface area contributed by atoms with Gasteiger partial charge in [-0.05, 0) is 31.7 Å². The van der Waals surface area contributed by atoms with Gasteiger partial charge in [-0.15, -0.1) is 11.3 Å². The maximum atomic E-state index is 12.8. The molecular formula is C20H27N5O2S. The monoisotopic (exact) mass is 401 g/mol. The molecule has 0 unspecified atom stereocenters. The van der Waals surface area contributed by atoms with Crippen molar-refractivity contribution in [2.24, 2.45) is 0 Å². The number of aromatic nitrogens is 4. The Balaban J connectivity index is 2.05. The molecule has 3 rings (SSSR count). The Hall–Kier alpha value is -2.48. The highest BCUT2D eigenvalue weighted by Gasteiger charge is 2.20. The average Bonchev–Trinajstić information content (AvgIpc) is 3.16. The third kappa shape index (κ3) is 3.73. The Bertz CT molecular complexity index is 1070. The third-order valence-corrected chi connectivity index (χ3v) is 5.58. The highest BCUT2D eigenvalue weighted by atomic mass is 32.1. The van der Waals surface area contributed by atoms with E-state index >= 15 is 0 Å². The summed E-state index contributed by atoms with van der Waals surface area (Å²) >= 11 is 1.35. The van der Waals surface area contributed by atoms with E-state index < -0.39 is 0 Å². The Morgan fingerprint density at radius 1 is 1.21 bits per heavy atom. The first-order valence-corrected chi connectivity index (χ1v) is 10.4. The van der Waals surface area contributed by atoms with Crippen LogP contribution < -0.4 is 10.9 Å². The van der Waals surface area contributed by atoms with Gasteiger partial charge in [0, 0.05) is 23.2 Å². The van der Waals surface area contributed by atoms with E-state index in [2.05, 4.69) is 44.1 Å². The number of aryl methyl sites for hydroxylation is 1. The Kier molecular flexibility index (Phi) is 5.69. The van der Waals surface area contributed by atoms with Crippen molar-refractivity contribution >= 4 is 22.2 Å². The predicted molar refractivity (Wildman–Crippen MR) is 112 cm³/mol. The maximum absolute atomic E-state index is 12.8. The molecule has 1 N–H and O–H groups in total. The van der Waals surface area contributed by atoms with E-state index in [-0.39, 0.29) is 11.5 Å². The molecule has 150 valence electrons. The van der Waals surface area contributed by atoms with E-state index in [1.165, 1.54) is 21.8 Å². The van der Waals surface area contributed by atoms with Crippen molar-refractivity contribution in [3.8, 4) is 0 Å². The molecule has 0 bridgehead atoms. The van der Waals surface area contributed by atoms with Crippen LogP contribution in [0.15, 0.2) is 16.9 Å². The second kappa shape index (κ2) is 7.87. The zero-order valence-electron chi connectivity index (χ0n) is 17.2. The lowest BCUT2D eigenvalue weighted by molar-refractivity contribution is 0.0949. The number of carbonyl (C=O) groups is 1. The number of nitrogens with one attached hydrogen (secondary N) is 1. The minimum Gasteiger partial charge on any atom is -0.351 e. The molecule has 0 saturated carbocycles. The molecule has 3 aromatic rings. The zero-order valence-corrected chi connectivity index (χ0v) is 18.1. The Labute approximate surface area is 168 Å². The quantitative estimate of drug-likeness (QED) is 0.687. The van der Waals surface area contributed by atoms with Crippen LogP contribution in [0.1, 0.15) is 78.9 Å². The lowest BCUT2D eigenvalue weighted by atomic mass is 10.1. The number of rotatable bonds is 6. The first-order valence-electron chi connectivity index (χ1n) is 9.60. The first-order chi connectivity index (χ1) is 13.2. The van der Waals surface area contributed by atoms with Crippen LogP contribution in [-0.2, 0) is 6.54 Å².